The number of pyridine rings is 1. The molecule has 2 aromatic rings. The van der Waals surface area contributed by atoms with Gasteiger partial charge in [-0.2, -0.15) is 15.6 Å². The number of nitriles is 2. The smallest absolute Gasteiger partial charge is 0.146 e. The van der Waals surface area contributed by atoms with Gasteiger partial charge in [-0.3, -0.25) is 4.68 Å². The molecule has 0 aromatic carbocycles. The van der Waals surface area contributed by atoms with Crippen molar-refractivity contribution >= 4 is 5.82 Å². The van der Waals surface area contributed by atoms with Crippen molar-refractivity contribution < 1.29 is 0 Å². The molecule has 2 aliphatic rings. The zero-order valence-electron chi connectivity index (χ0n) is 12.7. The van der Waals surface area contributed by atoms with Crippen molar-refractivity contribution in [3.63, 3.8) is 0 Å². The van der Waals surface area contributed by atoms with E-state index in [-0.39, 0.29) is 6.04 Å². The average Bonchev–Trinajstić information content (AvgIpc) is 3.31. The van der Waals surface area contributed by atoms with Crippen LogP contribution >= 0.6 is 0 Å². The molecule has 1 saturated heterocycles. The van der Waals surface area contributed by atoms with Crippen LogP contribution in [0, 0.1) is 22.7 Å². The van der Waals surface area contributed by atoms with E-state index in [0.29, 0.717) is 11.1 Å². The minimum atomic E-state index is 0.221. The Hall–Kier alpha value is -2.86. The van der Waals surface area contributed by atoms with Crippen molar-refractivity contribution in [3.05, 3.63) is 40.8 Å². The molecule has 0 radical (unpaired) electrons. The first-order valence-corrected chi connectivity index (χ1v) is 7.90. The Kier molecular flexibility index (Phi) is 3.24. The molecule has 0 bridgehead atoms. The Morgan fingerprint density at radius 3 is 2.91 bits per heavy atom. The normalized spacial score (nSPS) is 19.4. The molecule has 1 aliphatic heterocycles. The Morgan fingerprint density at radius 2 is 2.13 bits per heavy atom. The average molecular weight is 304 g/mol. The third-order valence-corrected chi connectivity index (χ3v) is 4.72. The maximum Gasteiger partial charge on any atom is 0.146 e. The number of aryl methyl sites for hydroxylation is 2. The number of anilines is 1. The van der Waals surface area contributed by atoms with Crippen molar-refractivity contribution in [1.82, 2.24) is 14.8 Å². The number of rotatable bonds is 2. The van der Waals surface area contributed by atoms with Crippen LogP contribution in [0.1, 0.15) is 41.3 Å². The molecule has 1 atom stereocenters. The molecule has 114 valence electrons. The van der Waals surface area contributed by atoms with Crippen LogP contribution in [0.2, 0.25) is 0 Å². The summed E-state index contributed by atoms with van der Waals surface area (Å²) in [6.45, 7) is 1.62. The quantitative estimate of drug-likeness (QED) is 0.847. The zero-order valence-corrected chi connectivity index (χ0v) is 12.7. The molecular weight excluding hydrogens is 288 g/mol. The first kappa shape index (κ1) is 13.8. The fourth-order valence-corrected chi connectivity index (χ4v) is 3.53. The van der Waals surface area contributed by atoms with E-state index in [9.17, 15) is 5.26 Å². The van der Waals surface area contributed by atoms with Crippen LogP contribution in [0.5, 0.6) is 0 Å². The van der Waals surface area contributed by atoms with Crippen molar-refractivity contribution in [2.45, 2.75) is 31.7 Å². The summed E-state index contributed by atoms with van der Waals surface area (Å²) in [5, 5.41) is 22.7. The van der Waals surface area contributed by atoms with Gasteiger partial charge in [-0.05, 0) is 37.3 Å². The molecule has 1 fully saturated rings. The number of aromatic nitrogens is 3. The number of fused-ring (bicyclic) bond motifs is 1. The third-order valence-electron chi connectivity index (χ3n) is 4.72. The fraction of sp³-hybridized carbons (Fsp3) is 0.412. The second-order valence-electron chi connectivity index (χ2n) is 6.14. The van der Waals surface area contributed by atoms with Crippen LogP contribution in [0.3, 0.4) is 0 Å². The van der Waals surface area contributed by atoms with E-state index in [1.165, 1.54) is 5.56 Å². The van der Waals surface area contributed by atoms with E-state index in [1.54, 1.807) is 12.4 Å². The van der Waals surface area contributed by atoms with Crippen LogP contribution < -0.4 is 4.90 Å². The molecule has 6 heteroatoms. The molecule has 0 amide bonds. The van der Waals surface area contributed by atoms with Gasteiger partial charge < -0.3 is 4.90 Å². The van der Waals surface area contributed by atoms with E-state index in [0.717, 1.165) is 50.3 Å². The minimum absolute atomic E-state index is 0.221. The van der Waals surface area contributed by atoms with Gasteiger partial charge in [0.2, 0.25) is 0 Å². The molecular formula is C17H16N6. The first-order chi connectivity index (χ1) is 11.3. The SMILES string of the molecule is N#Cc1cnn(C2CCN(c3nc4c(cc3C#N)CCC4)C2)c1. The molecule has 1 unspecified atom stereocenters. The van der Waals surface area contributed by atoms with Crippen molar-refractivity contribution in [2.24, 2.45) is 0 Å². The largest absolute Gasteiger partial charge is 0.353 e. The highest BCUT2D eigenvalue weighted by molar-refractivity contribution is 5.57. The predicted molar refractivity (Wildman–Crippen MR) is 83.8 cm³/mol. The number of nitrogens with zero attached hydrogens (tertiary/aromatic N) is 6. The van der Waals surface area contributed by atoms with Crippen LogP contribution in [0.25, 0.3) is 0 Å². The van der Waals surface area contributed by atoms with Crippen LogP contribution in [0.15, 0.2) is 18.5 Å². The molecule has 0 N–H and O–H groups in total. The third kappa shape index (κ3) is 2.33. The summed E-state index contributed by atoms with van der Waals surface area (Å²) in [7, 11) is 0. The lowest BCUT2D eigenvalue weighted by atomic mass is 10.1. The van der Waals surface area contributed by atoms with Gasteiger partial charge in [-0.15, -0.1) is 0 Å². The van der Waals surface area contributed by atoms with Gasteiger partial charge in [0.15, 0.2) is 0 Å². The minimum Gasteiger partial charge on any atom is -0.353 e. The van der Waals surface area contributed by atoms with E-state index in [4.69, 9.17) is 10.2 Å². The maximum atomic E-state index is 9.46. The second kappa shape index (κ2) is 5.40. The molecule has 2 aromatic heterocycles. The number of hydrogen-bond acceptors (Lipinski definition) is 5. The summed E-state index contributed by atoms with van der Waals surface area (Å²) in [4.78, 5) is 6.95. The zero-order chi connectivity index (χ0) is 15.8. The van der Waals surface area contributed by atoms with Gasteiger partial charge in [0, 0.05) is 25.0 Å². The lowest BCUT2D eigenvalue weighted by Gasteiger charge is -2.20. The molecule has 3 heterocycles. The molecule has 0 spiro atoms. The van der Waals surface area contributed by atoms with E-state index in [2.05, 4.69) is 22.1 Å². The van der Waals surface area contributed by atoms with Gasteiger partial charge in [0.1, 0.15) is 18.0 Å². The Morgan fingerprint density at radius 1 is 1.22 bits per heavy atom. The van der Waals surface area contributed by atoms with Crippen molar-refractivity contribution in [2.75, 3.05) is 18.0 Å². The number of hydrogen-bond donors (Lipinski definition) is 0. The lowest BCUT2D eigenvalue weighted by molar-refractivity contribution is 0.494. The molecule has 1 aliphatic carbocycles. The monoisotopic (exact) mass is 304 g/mol. The van der Waals surface area contributed by atoms with E-state index < -0.39 is 0 Å². The van der Waals surface area contributed by atoms with Crippen LogP contribution in [0.4, 0.5) is 5.82 Å². The maximum absolute atomic E-state index is 9.46. The van der Waals surface area contributed by atoms with Crippen LogP contribution in [-0.2, 0) is 12.8 Å². The standard InChI is InChI=1S/C17H16N6/c18-7-12-9-20-23(10-12)15-4-5-22(11-15)17-14(8-19)6-13-2-1-3-16(13)21-17/h6,9-10,15H,1-5,11H2. The molecule has 0 saturated carbocycles. The van der Waals surface area contributed by atoms with Gasteiger partial charge in [-0.25, -0.2) is 4.98 Å². The lowest BCUT2D eigenvalue weighted by Crippen LogP contribution is -2.23. The summed E-state index contributed by atoms with van der Waals surface area (Å²) >= 11 is 0. The predicted octanol–water partition coefficient (Wildman–Crippen LogP) is 1.96. The van der Waals surface area contributed by atoms with E-state index in [1.807, 2.05) is 10.7 Å². The summed E-state index contributed by atoms with van der Waals surface area (Å²) in [5.41, 5.74) is 3.63. The Balaban J connectivity index is 1.60. The first-order valence-electron chi connectivity index (χ1n) is 7.90. The van der Waals surface area contributed by atoms with Crippen molar-refractivity contribution in [1.29, 1.82) is 10.5 Å². The van der Waals surface area contributed by atoms with Gasteiger partial charge in [0.05, 0.1) is 23.4 Å². The van der Waals surface area contributed by atoms with Crippen LogP contribution in [-0.4, -0.2) is 27.9 Å². The molecule has 4 rings (SSSR count). The molecule has 23 heavy (non-hydrogen) atoms. The fourth-order valence-electron chi connectivity index (χ4n) is 3.53. The Bertz CT molecular complexity index is 838. The highest BCUT2D eigenvalue weighted by atomic mass is 15.3. The highest BCUT2D eigenvalue weighted by Crippen LogP contribution is 2.31. The summed E-state index contributed by atoms with van der Waals surface area (Å²) < 4.78 is 1.86. The topological polar surface area (TPSA) is 81.5 Å². The summed E-state index contributed by atoms with van der Waals surface area (Å²) in [6.07, 6.45) is 7.49. The van der Waals surface area contributed by atoms with Gasteiger partial charge in [0.25, 0.3) is 0 Å². The van der Waals surface area contributed by atoms with Gasteiger partial charge in [-0.1, -0.05) is 0 Å². The van der Waals surface area contributed by atoms with E-state index >= 15 is 0 Å². The molecule has 6 nitrogen and oxygen atoms in total. The van der Waals surface area contributed by atoms with Gasteiger partial charge >= 0.3 is 0 Å². The highest BCUT2D eigenvalue weighted by Gasteiger charge is 2.28. The Labute approximate surface area is 134 Å². The second-order valence-corrected chi connectivity index (χ2v) is 6.14. The summed E-state index contributed by atoms with van der Waals surface area (Å²) in [5.74, 6) is 0.809. The summed E-state index contributed by atoms with van der Waals surface area (Å²) in [6, 6.07) is 6.64. The van der Waals surface area contributed by atoms with Crippen molar-refractivity contribution in [3.8, 4) is 12.1 Å².